The summed E-state index contributed by atoms with van der Waals surface area (Å²) in [5, 5.41) is 15.0. The molecule has 0 saturated heterocycles. The number of hydrogen-bond acceptors (Lipinski definition) is 5. The number of carbonyl (C=O) groups excluding carboxylic acids is 1. The summed E-state index contributed by atoms with van der Waals surface area (Å²) in [6, 6.07) is 0. The summed E-state index contributed by atoms with van der Waals surface area (Å²) in [6.07, 6.45) is 0. The lowest BCUT2D eigenvalue weighted by Crippen LogP contribution is -2.28. The fourth-order valence-corrected chi connectivity index (χ4v) is 0.389. The molecule has 0 aromatic heterocycles. The molecule has 7 nitrogen and oxygen atoms in total. The van der Waals surface area contributed by atoms with E-state index in [1.165, 1.54) is 0 Å². The van der Waals surface area contributed by atoms with Gasteiger partial charge in [-0.15, -0.1) is 0 Å². The number of carbonyl (C=O) groups is 1. The summed E-state index contributed by atoms with van der Waals surface area (Å²) in [5.41, 5.74) is 0. The third-order valence-corrected chi connectivity index (χ3v) is 0.732. The summed E-state index contributed by atoms with van der Waals surface area (Å²) in [4.78, 5) is 20.1. The second kappa shape index (κ2) is 1.77. The van der Waals surface area contributed by atoms with Gasteiger partial charge in [-0.25, -0.2) is 0 Å². The largest absolute Gasteiger partial charge is 0.339 e. The van der Waals surface area contributed by atoms with Crippen LogP contribution in [0.25, 0.3) is 0 Å². The second-order valence-electron chi connectivity index (χ2n) is 1.31. The number of amides is 1. The smallest absolute Gasteiger partial charge is 0.338 e. The predicted octanol–water partition coefficient (Wildman–Crippen LogP) is -0.613. The number of hydrazine groups is 1. The van der Waals surface area contributed by atoms with E-state index in [1.54, 1.807) is 0 Å². The van der Waals surface area contributed by atoms with Gasteiger partial charge in [-0.3, -0.25) is 4.79 Å². The van der Waals surface area contributed by atoms with Gasteiger partial charge >= 0.3 is 5.91 Å². The molecule has 0 unspecified atom stereocenters. The molecule has 0 fully saturated rings. The minimum atomic E-state index is -0.918. The van der Waals surface area contributed by atoms with Crippen LogP contribution in [-0.2, 0) is 4.79 Å². The van der Waals surface area contributed by atoms with Crippen LogP contribution < -0.4 is 0 Å². The zero-order valence-electron chi connectivity index (χ0n) is 4.22. The molecule has 0 aliphatic carbocycles. The zero-order chi connectivity index (χ0) is 6.85. The van der Waals surface area contributed by atoms with Crippen LogP contribution in [0.2, 0.25) is 0 Å². The van der Waals surface area contributed by atoms with Crippen molar-refractivity contribution in [1.82, 2.24) is 5.12 Å². The van der Waals surface area contributed by atoms with Gasteiger partial charge in [0.15, 0.2) is 11.8 Å². The highest BCUT2D eigenvalue weighted by molar-refractivity contribution is 5.77. The van der Waals surface area contributed by atoms with Crippen molar-refractivity contribution in [1.29, 1.82) is 0 Å². The fourth-order valence-electron chi connectivity index (χ4n) is 0.389. The molecule has 9 heavy (non-hydrogen) atoms. The molecule has 0 saturated carbocycles. The Morgan fingerprint density at radius 3 is 2.67 bits per heavy atom. The van der Waals surface area contributed by atoms with E-state index in [9.17, 15) is 14.9 Å². The predicted molar refractivity (Wildman–Crippen MR) is 23.6 cm³/mol. The molecule has 0 aromatic carbocycles. The van der Waals surface area contributed by atoms with Crippen molar-refractivity contribution in [2.75, 3.05) is 6.54 Å². The molecule has 0 aromatic rings. The average Bonchev–Trinajstić information content (AvgIpc) is 2.13. The molecule has 0 atom stereocenters. The second-order valence-corrected chi connectivity index (χ2v) is 1.31. The molecule has 7 heteroatoms. The Labute approximate surface area is 49.1 Å². The molecule has 48 valence electrons. The summed E-state index contributed by atoms with van der Waals surface area (Å²) in [6.45, 7) is -0.221. The number of hydrogen-bond donors (Lipinski definition) is 0. The molecule has 0 spiro atoms. The lowest BCUT2D eigenvalue weighted by Gasteiger charge is -1.95. The van der Waals surface area contributed by atoms with Gasteiger partial charge in [-0.05, 0) is 5.11 Å². The topological polar surface area (TPSA) is 88.2 Å². The number of nitro groups is 1. The highest BCUT2D eigenvalue weighted by atomic mass is 16.7. The van der Waals surface area contributed by atoms with Gasteiger partial charge in [0.1, 0.15) is 0 Å². The lowest BCUT2D eigenvalue weighted by molar-refractivity contribution is -0.635. The Balaban J connectivity index is 2.71. The van der Waals surface area contributed by atoms with Crippen LogP contribution in [0.4, 0.5) is 0 Å². The summed E-state index contributed by atoms with van der Waals surface area (Å²) < 4.78 is 0. The molecule has 0 bridgehead atoms. The summed E-state index contributed by atoms with van der Waals surface area (Å²) in [5.74, 6) is -0.708. The third-order valence-electron chi connectivity index (χ3n) is 0.732. The first-order chi connectivity index (χ1) is 4.22. The van der Waals surface area contributed by atoms with E-state index >= 15 is 0 Å². The van der Waals surface area contributed by atoms with Crippen molar-refractivity contribution in [3.8, 4) is 0 Å². The SMILES string of the molecule is O=C1CN=NN1[N+](=O)[O-]. The Kier molecular flexibility index (Phi) is 1.10. The Morgan fingerprint density at radius 1 is 1.78 bits per heavy atom. The van der Waals surface area contributed by atoms with Gasteiger partial charge in [0.05, 0.1) is 10.2 Å². The molecular formula is C2H2N4O3. The van der Waals surface area contributed by atoms with Gasteiger partial charge in [0.25, 0.3) is 0 Å². The van der Waals surface area contributed by atoms with Crippen molar-refractivity contribution >= 4 is 5.91 Å². The molecule has 1 aliphatic heterocycles. The van der Waals surface area contributed by atoms with E-state index in [-0.39, 0.29) is 11.7 Å². The highest BCUT2D eigenvalue weighted by Gasteiger charge is 2.29. The Morgan fingerprint density at radius 2 is 2.44 bits per heavy atom. The monoisotopic (exact) mass is 130 g/mol. The van der Waals surface area contributed by atoms with Crippen molar-refractivity contribution in [2.45, 2.75) is 0 Å². The van der Waals surface area contributed by atoms with E-state index < -0.39 is 10.9 Å². The average molecular weight is 130 g/mol. The van der Waals surface area contributed by atoms with Crippen LogP contribution in [0.1, 0.15) is 0 Å². The molecule has 1 heterocycles. The van der Waals surface area contributed by atoms with Crippen molar-refractivity contribution in [2.24, 2.45) is 10.3 Å². The number of nitrogens with zero attached hydrogens (tertiary/aromatic N) is 4. The lowest BCUT2D eigenvalue weighted by atomic mass is 10.6. The highest BCUT2D eigenvalue weighted by Crippen LogP contribution is 2.00. The first-order valence-electron chi connectivity index (χ1n) is 2.06. The first kappa shape index (κ1) is 5.60. The minimum absolute atomic E-state index is 0.111. The fraction of sp³-hybridized carbons (Fsp3) is 0.500. The van der Waals surface area contributed by atoms with E-state index in [4.69, 9.17) is 0 Å². The van der Waals surface area contributed by atoms with Crippen LogP contribution in [0.5, 0.6) is 0 Å². The number of rotatable bonds is 1. The van der Waals surface area contributed by atoms with E-state index in [0.29, 0.717) is 0 Å². The molecule has 1 aliphatic rings. The van der Waals surface area contributed by atoms with Crippen LogP contribution in [-0.4, -0.2) is 22.6 Å². The van der Waals surface area contributed by atoms with Gasteiger partial charge in [-0.1, -0.05) is 0 Å². The van der Waals surface area contributed by atoms with E-state index in [1.807, 2.05) is 0 Å². The van der Waals surface area contributed by atoms with Crippen LogP contribution in [0.15, 0.2) is 10.3 Å². The van der Waals surface area contributed by atoms with Crippen LogP contribution >= 0.6 is 0 Å². The third kappa shape index (κ3) is 0.831. The molecular weight excluding hydrogens is 128 g/mol. The maximum Gasteiger partial charge on any atom is 0.338 e. The molecule has 0 radical (unpaired) electrons. The normalized spacial score (nSPS) is 16.9. The zero-order valence-corrected chi connectivity index (χ0v) is 4.22. The van der Waals surface area contributed by atoms with Crippen LogP contribution in [0, 0.1) is 10.1 Å². The first-order valence-corrected chi connectivity index (χ1v) is 2.06. The van der Waals surface area contributed by atoms with Crippen LogP contribution in [0.3, 0.4) is 0 Å². The Hall–Kier alpha value is -1.53. The van der Waals surface area contributed by atoms with Crippen molar-refractivity contribution in [3.05, 3.63) is 10.1 Å². The standard InChI is InChI=1S/C2H2N4O3/c7-2-1-3-4-5(2)6(8)9/h1H2. The Bertz CT molecular complexity index is 186. The quantitative estimate of drug-likeness (QED) is 0.350. The van der Waals surface area contributed by atoms with Gasteiger partial charge < -0.3 is 10.1 Å². The van der Waals surface area contributed by atoms with Gasteiger partial charge in [0.2, 0.25) is 0 Å². The van der Waals surface area contributed by atoms with Crippen molar-refractivity contribution < 1.29 is 9.83 Å². The molecule has 0 N–H and O–H groups in total. The minimum Gasteiger partial charge on any atom is -0.339 e. The molecule has 1 rings (SSSR count). The van der Waals surface area contributed by atoms with Gasteiger partial charge in [-0.2, -0.15) is 0 Å². The maximum atomic E-state index is 10.3. The summed E-state index contributed by atoms with van der Waals surface area (Å²) in [7, 11) is 0. The summed E-state index contributed by atoms with van der Waals surface area (Å²) >= 11 is 0. The van der Waals surface area contributed by atoms with E-state index in [2.05, 4.69) is 10.3 Å². The van der Waals surface area contributed by atoms with E-state index in [0.717, 1.165) is 0 Å². The molecule has 1 amide bonds. The van der Waals surface area contributed by atoms with Crippen molar-refractivity contribution in [3.63, 3.8) is 0 Å². The maximum absolute atomic E-state index is 10.3. The van der Waals surface area contributed by atoms with Gasteiger partial charge in [0, 0.05) is 0 Å².